The smallest absolute Gasteiger partial charge is 0.250 e. The molecule has 0 aliphatic heterocycles. The van der Waals surface area contributed by atoms with Crippen LogP contribution < -0.4 is 10.1 Å². The standard InChI is InChI=1S/C27H23ClN2O2S/c1-18-6-8-21(9-7-18)17-32-24-13-10-20(11-14-24)12-15-25(31)29-27-30-26(19(2)33-27)22-4-3-5-23(28)16-22/h3-16H,17H2,1-2H3,(H,29,30,31). The van der Waals surface area contributed by atoms with Crippen molar-refractivity contribution in [1.29, 1.82) is 0 Å². The average molecular weight is 475 g/mol. The van der Waals surface area contributed by atoms with Crippen molar-refractivity contribution >= 4 is 40.1 Å². The van der Waals surface area contributed by atoms with Crippen LogP contribution in [0.15, 0.2) is 78.9 Å². The first-order chi connectivity index (χ1) is 16.0. The molecule has 4 aromatic rings. The van der Waals surface area contributed by atoms with Crippen LogP contribution in [0.1, 0.15) is 21.6 Å². The largest absolute Gasteiger partial charge is 0.489 e. The molecule has 0 aliphatic rings. The summed E-state index contributed by atoms with van der Waals surface area (Å²) in [5, 5.41) is 4.04. The number of aryl methyl sites for hydroxylation is 2. The molecule has 33 heavy (non-hydrogen) atoms. The Balaban J connectivity index is 1.33. The SMILES string of the molecule is Cc1ccc(COc2ccc(C=CC(=O)Nc3nc(-c4cccc(Cl)c4)c(C)s3)cc2)cc1. The zero-order valence-electron chi connectivity index (χ0n) is 18.3. The minimum atomic E-state index is -0.235. The Hall–Kier alpha value is -3.41. The lowest BCUT2D eigenvalue weighted by Crippen LogP contribution is -2.07. The second kappa shape index (κ2) is 10.5. The van der Waals surface area contributed by atoms with E-state index >= 15 is 0 Å². The lowest BCUT2D eigenvalue weighted by atomic mass is 10.1. The van der Waals surface area contributed by atoms with Crippen LogP contribution >= 0.6 is 22.9 Å². The van der Waals surface area contributed by atoms with Crippen molar-refractivity contribution in [2.75, 3.05) is 5.32 Å². The minimum Gasteiger partial charge on any atom is -0.489 e. The number of thiazole rings is 1. The molecule has 0 saturated heterocycles. The summed E-state index contributed by atoms with van der Waals surface area (Å²) in [4.78, 5) is 17.9. The van der Waals surface area contributed by atoms with E-state index in [9.17, 15) is 4.79 Å². The van der Waals surface area contributed by atoms with Gasteiger partial charge in [-0.1, -0.05) is 65.7 Å². The second-order valence-corrected chi connectivity index (χ2v) is 9.24. The van der Waals surface area contributed by atoms with Gasteiger partial charge in [0.25, 0.3) is 0 Å². The first kappa shape index (κ1) is 22.8. The zero-order chi connectivity index (χ0) is 23.2. The van der Waals surface area contributed by atoms with E-state index < -0.39 is 0 Å². The van der Waals surface area contributed by atoms with Crippen molar-refractivity contribution < 1.29 is 9.53 Å². The average Bonchev–Trinajstić information content (AvgIpc) is 3.18. The highest BCUT2D eigenvalue weighted by atomic mass is 35.5. The zero-order valence-corrected chi connectivity index (χ0v) is 19.9. The van der Waals surface area contributed by atoms with Crippen molar-refractivity contribution in [1.82, 2.24) is 4.98 Å². The molecule has 0 saturated carbocycles. The molecular weight excluding hydrogens is 452 g/mol. The molecule has 1 heterocycles. The van der Waals surface area contributed by atoms with E-state index in [4.69, 9.17) is 16.3 Å². The molecule has 1 N–H and O–H groups in total. The summed E-state index contributed by atoms with van der Waals surface area (Å²) in [6.07, 6.45) is 3.26. The number of benzene rings is 3. The number of hydrogen-bond donors (Lipinski definition) is 1. The number of nitrogens with one attached hydrogen (secondary N) is 1. The Bertz CT molecular complexity index is 1280. The van der Waals surface area contributed by atoms with E-state index in [-0.39, 0.29) is 5.91 Å². The van der Waals surface area contributed by atoms with Gasteiger partial charge >= 0.3 is 0 Å². The Morgan fingerprint density at radius 2 is 1.82 bits per heavy atom. The summed E-state index contributed by atoms with van der Waals surface area (Å²) < 4.78 is 5.83. The molecule has 3 aromatic carbocycles. The number of hydrogen-bond acceptors (Lipinski definition) is 4. The van der Waals surface area contributed by atoms with E-state index in [1.807, 2.05) is 55.5 Å². The fourth-order valence-electron chi connectivity index (χ4n) is 3.20. The van der Waals surface area contributed by atoms with E-state index in [0.717, 1.165) is 33.0 Å². The Labute approximate surface area is 202 Å². The predicted molar refractivity (Wildman–Crippen MR) is 137 cm³/mol. The van der Waals surface area contributed by atoms with Crippen LogP contribution in [0.25, 0.3) is 17.3 Å². The Kier molecular flexibility index (Phi) is 7.23. The topological polar surface area (TPSA) is 51.2 Å². The molecule has 0 radical (unpaired) electrons. The summed E-state index contributed by atoms with van der Waals surface area (Å²) in [6, 6.07) is 23.4. The van der Waals surface area contributed by atoms with Crippen molar-refractivity contribution in [2.24, 2.45) is 0 Å². The molecule has 0 aliphatic carbocycles. The number of anilines is 1. The molecule has 166 valence electrons. The van der Waals surface area contributed by atoms with Gasteiger partial charge in [0.05, 0.1) is 5.69 Å². The molecule has 4 nitrogen and oxygen atoms in total. The van der Waals surface area contributed by atoms with Crippen LogP contribution in [0.3, 0.4) is 0 Å². The van der Waals surface area contributed by atoms with Crippen LogP contribution in [0.2, 0.25) is 5.02 Å². The minimum absolute atomic E-state index is 0.235. The van der Waals surface area contributed by atoms with Crippen LogP contribution in [-0.4, -0.2) is 10.9 Å². The molecule has 0 spiro atoms. The molecule has 1 aromatic heterocycles. The van der Waals surface area contributed by atoms with Gasteiger partial charge in [0, 0.05) is 21.5 Å². The maximum atomic E-state index is 12.4. The summed E-state index contributed by atoms with van der Waals surface area (Å²) in [5.41, 5.74) is 5.01. The van der Waals surface area contributed by atoms with Gasteiger partial charge in [-0.2, -0.15) is 0 Å². The normalized spacial score (nSPS) is 11.0. The number of aromatic nitrogens is 1. The lowest BCUT2D eigenvalue weighted by molar-refractivity contribution is -0.111. The van der Waals surface area contributed by atoms with Crippen LogP contribution in [0, 0.1) is 13.8 Å². The Morgan fingerprint density at radius 3 is 2.55 bits per heavy atom. The first-order valence-electron chi connectivity index (χ1n) is 10.5. The van der Waals surface area contributed by atoms with Gasteiger partial charge < -0.3 is 4.74 Å². The third-order valence-electron chi connectivity index (χ3n) is 4.96. The van der Waals surface area contributed by atoms with E-state index in [1.54, 1.807) is 6.08 Å². The molecule has 6 heteroatoms. The monoisotopic (exact) mass is 474 g/mol. The highest BCUT2D eigenvalue weighted by Crippen LogP contribution is 2.31. The predicted octanol–water partition coefficient (Wildman–Crippen LogP) is 7.31. The molecule has 0 unspecified atom stereocenters. The maximum Gasteiger partial charge on any atom is 0.250 e. The first-order valence-corrected chi connectivity index (χ1v) is 11.7. The highest BCUT2D eigenvalue weighted by molar-refractivity contribution is 7.16. The number of halogens is 1. The van der Waals surface area contributed by atoms with Crippen molar-refractivity contribution in [2.45, 2.75) is 20.5 Å². The van der Waals surface area contributed by atoms with Gasteiger partial charge in [-0.3, -0.25) is 10.1 Å². The van der Waals surface area contributed by atoms with Gasteiger partial charge in [-0.05, 0) is 55.3 Å². The summed E-state index contributed by atoms with van der Waals surface area (Å²) >= 11 is 7.52. The third-order valence-corrected chi connectivity index (χ3v) is 6.08. The van der Waals surface area contributed by atoms with Crippen LogP contribution in [0.5, 0.6) is 5.75 Å². The number of ether oxygens (including phenoxy) is 1. The molecule has 4 rings (SSSR count). The van der Waals surface area contributed by atoms with Crippen LogP contribution in [0.4, 0.5) is 5.13 Å². The van der Waals surface area contributed by atoms with Gasteiger partial charge in [0.15, 0.2) is 5.13 Å². The molecule has 1 amide bonds. The Morgan fingerprint density at radius 1 is 1.06 bits per heavy atom. The van der Waals surface area contributed by atoms with Gasteiger partial charge in [0.1, 0.15) is 12.4 Å². The number of carbonyl (C=O) groups excluding carboxylic acids is 1. The fraction of sp³-hybridized carbons (Fsp3) is 0.111. The lowest BCUT2D eigenvalue weighted by Gasteiger charge is -2.07. The van der Waals surface area contributed by atoms with E-state index in [1.165, 1.54) is 23.0 Å². The summed E-state index contributed by atoms with van der Waals surface area (Å²) in [7, 11) is 0. The molecule has 0 bridgehead atoms. The quantitative estimate of drug-likeness (QED) is 0.285. The fourth-order valence-corrected chi connectivity index (χ4v) is 4.23. The van der Waals surface area contributed by atoms with Crippen molar-refractivity contribution in [3.05, 3.63) is 105 Å². The summed E-state index contributed by atoms with van der Waals surface area (Å²) in [6.45, 7) is 4.55. The highest BCUT2D eigenvalue weighted by Gasteiger charge is 2.11. The molecular formula is C27H23ClN2O2S. The summed E-state index contributed by atoms with van der Waals surface area (Å²) in [5.74, 6) is 0.546. The van der Waals surface area contributed by atoms with Crippen LogP contribution in [-0.2, 0) is 11.4 Å². The van der Waals surface area contributed by atoms with Crippen molar-refractivity contribution in [3.63, 3.8) is 0 Å². The number of nitrogens with zero attached hydrogens (tertiary/aromatic N) is 1. The number of carbonyl (C=O) groups is 1. The van der Waals surface area contributed by atoms with E-state index in [0.29, 0.717) is 16.8 Å². The maximum absolute atomic E-state index is 12.4. The number of rotatable bonds is 7. The second-order valence-electron chi connectivity index (χ2n) is 7.60. The third kappa shape index (κ3) is 6.31. The number of amides is 1. The molecule has 0 fully saturated rings. The van der Waals surface area contributed by atoms with E-state index in [2.05, 4.69) is 41.5 Å². The van der Waals surface area contributed by atoms with Gasteiger partial charge in [-0.25, -0.2) is 4.98 Å². The van der Waals surface area contributed by atoms with Gasteiger partial charge in [-0.15, -0.1) is 11.3 Å². The molecule has 0 atom stereocenters. The van der Waals surface area contributed by atoms with Crippen molar-refractivity contribution in [3.8, 4) is 17.0 Å². The van der Waals surface area contributed by atoms with Gasteiger partial charge in [0.2, 0.25) is 5.91 Å².